The Morgan fingerprint density at radius 1 is 1.31 bits per heavy atom. The zero-order valence-electron chi connectivity index (χ0n) is 10.0. The molecule has 0 aliphatic carbocycles. The van der Waals surface area contributed by atoms with E-state index in [1.165, 1.54) is 12.1 Å². The molecule has 0 aliphatic rings. The lowest BCUT2D eigenvalue weighted by atomic mass is 10.2. The van der Waals surface area contributed by atoms with Gasteiger partial charge in [-0.1, -0.05) is 6.92 Å². The van der Waals surface area contributed by atoms with Crippen molar-refractivity contribution in [3.63, 3.8) is 0 Å². The third-order valence-corrected chi connectivity index (χ3v) is 2.51. The molecule has 1 aromatic rings. The molecular formula is C13H20FNO. The van der Waals surface area contributed by atoms with Gasteiger partial charge < -0.3 is 10.1 Å². The summed E-state index contributed by atoms with van der Waals surface area (Å²) in [6.45, 7) is 5.94. The first-order chi connectivity index (χ1) is 7.72. The minimum Gasteiger partial charge on any atom is -0.494 e. The van der Waals surface area contributed by atoms with E-state index in [1.54, 1.807) is 12.1 Å². The van der Waals surface area contributed by atoms with Gasteiger partial charge in [-0.2, -0.15) is 0 Å². The summed E-state index contributed by atoms with van der Waals surface area (Å²) in [5.41, 5.74) is 0. The number of rotatable bonds is 7. The van der Waals surface area contributed by atoms with Gasteiger partial charge in [-0.25, -0.2) is 4.39 Å². The molecule has 0 saturated carbocycles. The SMILES string of the molecule is CC[C@@H](C)NCCCOc1ccc(F)cc1. The van der Waals surface area contributed by atoms with Crippen LogP contribution in [0.1, 0.15) is 26.7 Å². The molecule has 90 valence electrons. The summed E-state index contributed by atoms with van der Waals surface area (Å²) in [4.78, 5) is 0. The van der Waals surface area contributed by atoms with Gasteiger partial charge in [0.15, 0.2) is 0 Å². The molecule has 0 amide bonds. The van der Waals surface area contributed by atoms with Gasteiger partial charge in [0.05, 0.1) is 6.61 Å². The molecule has 1 aromatic carbocycles. The summed E-state index contributed by atoms with van der Waals surface area (Å²) in [5, 5.41) is 3.39. The molecule has 0 aliphatic heterocycles. The highest BCUT2D eigenvalue weighted by molar-refractivity contribution is 5.21. The van der Waals surface area contributed by atoms with E-state index in [1.807, 2.05) is 0 Å². The van der Waals surface area contributed by atoms with Crippen molar-refractivity contribution in [3.05, 3.63) is 30.1 Å². The maximum absolute atomic E-state index is 12.6. The van der Waals surface area contributed by atoms with Crippen LogP contribution in [0.2, 0.25) is 0 Å². The number of halogens is 1. The Bertz CT molecular complexity index is 286. The predicted octanol–water partition coefficient (Wildman–Crippen LogP) is 2.98. The lowest BCUT2D eigenvalue weighted by molar-refractivity contribution is 0.304. The maximum Gasteiger partial charge on any atom is 0.123 e. The van der Waals surface area contributed by atoms with Gasteiger partial charge >= 0.3 is 0 Å². The van der Waals surface area contributed by atoms with Crippen LogP contribution in [0.25, 0.3) is 0 Å². The molecule has 3 heteroatoms. The fourth-order valence-corrected chi connectivity index (χ4v) is 1.29. The quantitative estimate of drug-likeness (QED) is 0.720. The van der Waals surface area contributed by atoms with Gasteiger partial charge in [-0.3, -0.25) is 0 Å². The number of hydrogen-bond acceptors (Lipinski definition) is 2. The van der Waals surface area contributed by atoms with E-state index in [0.29, 0.717) is 12.6 Å². The highest BCUT2D eigenvalue weighted by Crippen LogP contribution is 2.10. The Kier molecular flexibility index (Phi) is 5.86. The molecule has 16 heavy (non-hydrogen) atoms. The summed E-state index contributed by atoms with van der Waals surface area (Å²) >= 11 is 0. The van der Waals surface area contributed by atoms with E-state index < -0.39 is 0 Å². The van der Waals surface area contributed by atoms with Crippen molar-refractivity contribution in [1.82, 2.24) is 5.32 Å². The van der Waals surface area contributed by atoms with E-state index in [9.17, 15) is 4.39 Å². The van der Waals surface area contributed by atoms with E-state index in [2.05, 4.69) is 19.2 Å². The molecule has 0 unspecified atom stereocenters. The molecule has 0 heterocycles. The molecule has 0 fully saturated rings. The highest BCUT2D eigenvalue weighted by Gasteiger charge is 1.97. The molecule has 0 aromatic heterocycles. The Balaban J connectivity index is 2.09. The molecule has 1 rings (SSSR count). The van der Waals surface area contributed by atoms with Crippen molar-refractivity contribution in [1.29, 1.82) is 0 Å². The van der Waals surface area contributed by atoms with Crippen LogP contribution in [-0.2, 0) is 0 Å². The predicted molar refractivity (Wildman–Crippen MR) is 64.3 cm³/mol. The van der Waals surface area contributed by atoms with Gasteiger partial charge in [0.2, 0.25) is 0 Å². The highest BCUT2D eigenvalue weighted by atomic mass is 19.1. The molecule has 0 spiro atoms. The van der Waals surface area contributed by atoms with Crippen LogP contribution in [0.5, 0.6) is 5.75 Å². The zero-order chi connectivity index (χ0) is 11.8. The standard InChI is InChI=1S/C13H20FNO/c1-3-11(2)15-9-4-10-16-13-7-5-12(14)6-8-13/h5-8,11,15H,3-4,9-10H2,1-2H3/t11-/m1/s1. The van der Waals surface area contributed by atoms with E-state index >= 15 is 0 Å². The minimum absolute atomic E-state index is 0.231. The van der Waals surface area contributed by atoms with Crippen molar-refractivity contribution in [2.45, 2.75) is 32.7 Å². The molecule has 1 N–H and O–H groups in total. The first-order valence-corrected chi connectivity index (χ1v) is 5.84. The first-order valence-electron chi connectivity index (χ1n) is 5.84. The average molecular weight is 225 g/mol. The van der Waals surface area contributed by atoms with Crippen LogP contribution in [-0.4, -0.2) is 19.2 Å². The van der Waals surface area contributed by atoms with Gasteiger partial charge in [0.25, 0.3) is 0 Å². The monoisotopic (exact) mass is 225 g/mol. The second-order valence-electron chi connectivity index (χ2n) is 3.92. The molecule has 2 nitrogen and oxygen atoms in total. The zero-order valence-corrected chi connectivity index (χ0v) is 10.0. The Labute approximate surface area is 96.8 Å². The minimum atomic E-state index is -0.231. The van der Waals surface area contributed by atoms with Crippen LogP contribution in [0.4, 0.5) is 4.39 Å². The van der Waals surface area contributed by atoms with Crippen LogP contribution in [0.15, 0.2) is 24.3 Å². The van der Waals surface area contributed by atoms with Crippen LogP contribution >= 0.6 is 0 Å². The van der Waals surface area contributed by atoms with Gasteiger partial charge in [0.1, 0.15) is 11.6 Å². The average Bonchev–Trinajstić information content (AvgIpc) is 2.31. The Morgan fingerprint density at radius 2 is 2.00 bits per heavy atom. The van der Waals surface area contributed by atoms with Gasteiger partial charge in [-0.05, 0) is 50.6 Å². The summed E-state index contributed by atoms with van der Waals surface area (Å²) < 4.78 is 18.1. The Hall–Kier alpha value is -1.09. The third kappa shape index (κ3) is 5.12. The van der Waals surface area contributed by atoms with E-state index in [4.69, 9.17) is 4.74 Å². The maximum atomic E-state index is 12.6. The van der Waals surface area contributed by atoms with Crippen LogP contribution in [0.3, 0.4) is 0 Å². The number of ether oxygens (including phenoxy) is 1. The number of nitrogens with one attached hydrogen (secondary N) is 1. The molecular weight excluding hydrogens is 205 g/mol. The van der Waals surface area contributed by atoms with Crippen molar-refractivity contribution in [2.24, 2.45) is 0 Å². The molecule has 0 radical (unpaired) electrons. The smallest absolute Gasteiger partial charge is 0.123 e. The summed E-state index contributed by atoms with van der Waals surface area (Å²) in [7, 11) is 0. The van der Waals surface area contributed by atoms with Gasteiger partial charge in [-0.15, -0.1) is 0 Å². The largest absolute Gasteiger partial charge is 0.494 e. The normalized spacial score (nSPS) is 12.4. The summed E-state index contributed by atoms with van der Waals surface area (Å²) in [6.07, 6.45) is 2.10. The second-order valence-corrected chi connectivity index (χ2v) is 3.92. The van der Waals surface area contributed by atoms with Crippen molar-refractivity contribution in [3.8, 4) is 5.75 Å². The van der Waals surface area contributed by atoms with Gasteiger partial charge in [0, 0.05) is 6.04 Å². The fraction of sp³-hybridized carbons (Fsp3) is 0.538. The van der Waals surface area contributed by atoms with Crippen molar-refractivity contribution in [2.75, 3.05) is 13.2 Å². The summed E-state index contributed by atoms with van der Waals surface area (Å²) in [5.74, 6) is 0.496. The number of benzene rings is 1. The lowest BCUT2D eigenvalue weighted by Gasteiger charge is -2.11. The fourth-order valence-electron chi connectivity index (χ4n) is 1.29. The second kappa shape index (κ2) is 7.23. The molecule has 0 bridgehead atoms. The molecule has 1 atom stereocenters. The van der Waals surface area contributed by atoms with Crippen LogP contribution < -0.4 is 10.1 Å². The lowest BCUT2D eigenvalue weighted by Crippen LogP contribution is -2.27. The summed E-state index contributed by atoms with van der Waals surface area (Å²) in [6, 6.07) is 6.68. The first kappa shape index (κ1) is 13.0. The Morgan fingerprint density at radius 3 is 2.62 bits per heavy atom. The van der Waals surface area contributed by atoms with Crippen molar-refractivity contribution >= 4 is 0 Å². The van der Waals surface area contributed by atoms with Crippen molar-refractivity contribution < 1.29 is 9.13 Å². The van der Waals surface area contributed by atoms with E-state index in [-0.39, 0.29) is 5.82 Å². The van der Waals surface area contributed by atoms with E-state index in [0.717, 1.165) is 25.1 Å². The third-order valence-electron chi connectivity index (χ3n) is 2.51. The number of hydrogen-bond donors (Lipinski definition) is 1. The molecule has 0 saturated heterocycles. The topological polar surface area (TPSA) is 21.3 Å². The van der Waals surface area contributed by atoms with Crippen LogP contribution in [0, 0.1) is 5.82 Å².